The summed E-state index contributed by atoms with van der Waals surface area (Å²) < 4.78 is 6.07. The molecule has 36 heavy (non-hydrogen) atoms. The first kappa shape index (κ1) is 25.5. The molecule has 0 aromatic heterocycles. The average Bonchev–Trinajstić information content (AvgIpc) is 2.87. The molecule has 1 heterocycles. The summed E-state index contributed by atoms with van der Waals surface area (Å²) in [6, 6.07) is 23.5. The van der Waals surface area contributed by atoms with Crippen LogP contribution < -0.4 is 10.1 Å². The first-order valence-corrected chi connectivity index (χ1v) is 12.8. The Balaban J connectivity index is 1.64. The molecule has 0 radical (unpaired) electrons. The minimum absolute atomic E-state index is 0.0111. The van der Waals surface area contributed by atoms with Crippen molar-refractivity contribution in [1.29, 1.82) is 0 Å². The highest BCUT2D eigenvalue weighted by atomic mass is 16.5. The molecule has 1 N–H and O–H groups in total. The molecule has 4 rings (SSSR count). The van der Waals surface area contributed by atoms with Crippen molar-refractivity contribution in [2.45, 2.75) is 52.7 Å². The number of carbonyl (C=O) groups excluding carboxylic acids is 2. The molecular weight excluding hydrogens is 448 g/mol. The lowest BCUT2D eigenvalue weighted by Gasteiger charge is -2.38. The molecule has 3 aromatic rings. The average molecular weight is 485 g/mol. The van der Waals surface area contributed by atoms with Gasteiger partial charge in [-0.2, -0.15) is 0 Å². The van der Waals surface area contributed by atoms with Gasteiger partial charge in [-0.3, -0.25) is 9.59 Å². The number of nitrogens with one attached hydrogen (secondary N) is 1. The Morgan fingerprint density at radius 2 is 1.78 bits per heavy atom. The summed E-state index contributed by atoms with van der Waals surface area (Å²) in [4.78, 5) is 28.1. The van der Waals surface area contributed by atoms with E-state index in [-0.39, 0.29) is 17.9 Å². The summed E-state index contributed by atoms with van der Waals surface area (Å²) in [6.45, 7) is 9.38. The molecule has 0 saturated carbocycles. The summed E-state index contributed by atoms with van der Waals surface area (Å²) >= 11 is 0. The fourth-order valence-electron chi connectivity index (χ4n) is 4.72. The number of hydrogen-bond acceptors (Lipinski definition) is 3. The van der Waals surface area contributed by atoms with Gasteiger partial charge in [-0.25, -0.2) is 0 Å². The van der Waals surface area contributed by atoms with E-state index in [1.807, 2.05) is 53.4 Å². The van der Waals surface area contributed by atoms with Crippen molar-refractivity contribution in [3.63, 3.8) is 0 Å². The van der Waals surface area contributed by atoms with Crippen molar-refractivity contribution in [1.82, 2.24) is 10.2 Å². The Kier molecular flexibility index (Phi) is 8.09. The zero-order valence-corrected chi connectivity index (χ0v) is 21.7. The first-order valence-electron chi connectivity index (χ1n) is 12.8. The number of carbonyl (C=O) groups is 2. The fourth-order valence-corrected chi connectivity index (χ4v) is 4.72. The molecule has 0 bridgehead atoms. The van der Waals surface area contributed by atoms with Gasteiger partial charge in [0.15, 0.2) is 6.10 Å². The number of ether oxygens (including phenoxy) is 1. The van der Waals surface area contributed by atoms with Gasteiger partial charge in [0.25, 0.3) is 11.8 Å². The van der Waals surface area contributed by atoms with Crippen LogP contribution in [0.1, 0.15) is 65.8 Å². The van der Waals surface area contributed by atoms with E-state index in [4.69, 9.17) is 4.74 Å². The van der Waals surface area contributed by atoms with Crippen LogP contribution in [-0.4, -0.2) is 35.9 Å². The van der Waals surface area contributed by atoms with Crippen molar-refractivity contribution >= 4 is 11.8 Å². The van der Waals surface area contributed by atoms with Crippen LogP contribution in [-0.2, 0) is 11.2 Å². The van der Waals surface area contributed by atoms with Crippen molar-refractivity contribution in [2.24, 2.45) is 5.92 Å². The Labute approximate surface area is 214 Å². The van der Waals surface area contributed by atoms with Gasteiger partial charge in [-0.05, 0) is 73.6 Å². The predicted octanol–water partition coefficient (Wildman–Crippen LogP) is 5.71. The molecule has 0 saturated heterocycles. The van der Waals surface area contributed by atoms with Crippen molar-refractivity contribution < 1.29 is 14.3 Å². The molecule has 1 aliphatic rings. The third-order valence-electron chi connectivity index (χ3n) is 6.69. The normalized spacial score (nSPS) is 15.8. The summed E-state index contributed by atoms with van der Waals surface area (Å²) in [5.74, 6) is 1.05. The molecule has 2 atom stereocenters. The fraction of sp³-hybridized carbons (Fsp3) is 0.355. The molecule has 0 aliphatic carbocycles. The van der Waals surface area contributed by atoms with Crippen molar-refractivity contribution in [3.8, 4) is 5.75 Å². The van der Waals surface area contributed by atoms with Gasteiger partial charge in [-0.1, -0.05) is 67.9 Å². The van der Waals surface area contributed by atoms with Crippen LogP contribution in [0, 0.1) is 12.8 Å². The lowest BCUT2D eigenvalue weighted by molar-refractivity contribution is -0.127. The SMILES string of the molecule is Cc1cccc(C2c3cc(OC(C)C(=O)NCCC(C)C)ccc3CCN2C(=O)c2ccccc2)c1. The van der Waals surface area contributed by atoms with Crippen LogP contribution in [0.5, 0.6) is 5.75 Å². The second-order valence-electron chi connectivity index (χ2n) is 10.0. The quantitative estimate of drug-likeness (QED) is 0.445. The summed E-state index contributed by atoms with van der Waals surface area (Å²) in [7, 11) is 0. The van der Waals surface area contributed by atoms with Gasteiger partial charge in [0.2, 0.25) is 0 Å². The minimum atomic E-state index is -0.613. The van der Waals surface area contributed by atoms with E-state index in [0.717, 1.165) is 29.5 Å². The van der Waals surface area contributed by atoms with Gasteiger partial charge in [0, 0.05) is 18.7 Å². The van der Waals surface area contributed by atoms with E-state index in [9.17, 15) is 9.59 Å². The van der Waals surface area contributed by atoms with Gasteiger partial charge >= 0.3 is 0 Å². The summed E-state index contributed by atoms with van der Waals surface area (Å²) in [5.41, 5.74) is 5.13. The molecule has 2 amide bonds. The molecule has 5 nitrogen and oxygen atoms in total. The minimum Gasteiger partial charge on any atom is -0.481 e. The smallest absolute Gasteiger partial charge is 0.260 e. The van der Waals surface area contributed by atoms with Gasteiger partial charge in [-0.15, -0.1) is 0 Å². The molecule has 5 heteroatoms. The zero-order valence-electron chi connectivity index (χ0n) is 21.7. The van der Waals surface area contributed by atoms with E-state index in [1.165, 1.54) is 5.56 Å². The van der Waals surface area contributed by atoms with Gasteiger partial charge in [0.1, 0.15) is 5.75 Å². The van der Waals surface area contributed by atoms with Crippen LogP contribution in [0.2, 0.25) is 0 Å². The van der Waals surface area contributed by atoms with E-state index in [1.54, 1.807) is 6.92 Å². The molecular formula is C31H36N2O3. The molecule has 0 spiro atoms. The maximum atomic E-state index is 13.6. The van der Waals surface area contributed by atoms with Crippen LogP contribution in [0.3, 0.4) is 0 Å². The van der Waals surface area contributed by atoms with Crippen LogP contribution in [0.15, 0.2) is 72.8 Å². The number of fused-ring (bicyclic) bond motifs is 1. The number of hydrogen-bond donors (Lipinski definition) is 1. The maximum Gasteiger partial charge on any atom is 0.260 e. The third-order valence-corrected chi connectivity index (χ3v) is 6.69. The molecule has 2 unspecified atom stereocenters. The highest BCUT2D eigenvalue weighted by molar-refractivity contribution is 5.95. The van der Waals surface area contributed by atoms with Gasteiger partial charge < -0.3 is 15.0 Å². The van der Waals surface area contributed by atoms with E-state index in [2.05, 4.69) is 50.4 Å². The summed E-state index contributed by atoms with van der Waals surface area (Å²) in [6.07, 6.45) is 1.08. The summed E-state index contributed by atoms with van der Waals surface area (Å²) in [5, 5.41) is 2.96. The Bertz CT molecular complexity index is 1210. The molecule has 1 aliphatic heterocycles. The largest absolute Gasteiger partial charge is 0.481 e. The monoisotopic (exact) mass is 484 g/mol. The van der Waals surface area contributed by atoms with Crippen LogP contribution in [0.25, 0.3) is 0 Å². The highest BCUT2D eigenvalue weighted by Crippen LogP contribution is 2.38. The van der Waals surface area contributed by atoms with Crippen molar-refractivity contribution in [2.75, 3.05) is 13.1 Å². The predicted molar refractivity (Wildman–Crippen MR) is 143 cm³/mol. The second kappa shape index (κ2) is 11.4. The number of rotatable bonds is 8. The van der Waals surface area contributed by atoms with E-state index >= 15 is 0 Å². The number of nitrogens with zero attached hydrogens (tertiary/aromatic N) is 1. The van der Waals surface area contributed by atoms with Crippen molar-refractivity contribution in [3.05, 3.63) is 101 Å². The molecule has 0 fully saturated rings. The number of aryl methyl sites for hydroxylation is 1. The lowest BCUT2D eigenvalue weighted by atomic mass is 9.87. The standard InChI is InChI=1S/C31H36N2O3/c1-21(2)15-17-32-30(34)23(4)36-27-14-13-24-16-18-33(31(35)25-10-6-5-7-11-25)29(28(24)20-27)26-12-8-9-22(3)19-26/h5-14,19-21,23,29H,15-18H2,1-4H3,(H,32,34). The molecule has 3 aromatic carbocycles. The van der Waals surface area contributed by atoms with Gasteiger partial charge in [0.05, 0.1) is 6.04 Å². The van der Waals surface area contributed by atoms with E-state index < -0.39 is 6.10 Å². The second-order valence-corrected chi connectivity index (χ2v) is 10.0. The Morgan fingerprint density at radius 3 is 2.50 bits per heavy atom. The number of amides is 2. The van der Waals surface area contributed by atoms with E-state index in [0.29, 0.717) is 30.3 Å². The maximum absolute atomic E-state index is 13.6. The molecule has 188 valence electrons. The Hall–Kier alpha value is -3.60. The Morgan fingerprint density at radius 1 is 1.00 bits per heavy atom. The third kappa shape index (κ3) is 5.96. The van der Waals surface area contributed by atoms with Crippen LogP contribution in [0.4, 0.5) is 0 Å². The lowest BCUT2D eigenvalue weighted by Crippen LogP contribution is -2.40. The topological polar surface area (TPSA) is 58.6 Å². The zero-order chi connectivity index (χ0) is 25.7. The highest BCUT2D eigenvalue weighted by Gasteiger charge is 2.33. The van der Waals surface area contributed by atoms with Crippen LogP contribution >= 0.6 is 0 Å². The number of benzene rings is 3. The first-order chi connectivity index (χ1) is 17.3.